The fraction of sp³-hybridized carbons (Fsp3) is 0.167. The Morgan fingerprint density at radius 2 is 2.19 bits per heavy atom. The van der Waals surface area contributed by atoms with Crippen LogP contribution in [0.4, 0.5) is 0 Å². The number of hydrogen-bond donors (Lipinski definition) is 0. The van der Waals surface area contributed by atoms with Crippen molar-refractivity contribution < 1.29 is 4.42 Å². The molecule has 0 bridgehead atoms. The molecule has 4 nitrogen and oxygen atoms in total. The third kappa shape index (κ3) is 1.31. The second-order valence-electron chi connectivity index (χ2n) is 3.79. The van der Waals surface area contributed by atoms with Crippen molar-refractivity contribution in [2.24, 2.45) is 0 Å². The van der Waals surface area contributed by atoms with E-state index in [1.54, 1.807) is 12.4 Å². The number of rotatable bonds is 1. The van der Waals surface area contributed by atoms with E-state index in [2.05, 4.69) is 9.97 Å². The molecular weight excluding hydrogens is 202 g/mol. The second-order valence-corrected chi connectivity index (χ2v) is 3.79. The first-order chi connectivity index (χ1) is 7.74. The van der Waals surface area contributed by atoms with Crippen molar-refractivity contribution in [3.05, 3.63) is 42.4 Å². The van der Waals surface area contributed by atoms with Gasteiger partial charge in [-0.3, -0.25) is 4.98 Å². The van der Waals surface area contributed by atoms with Gasteiger partial charge in [-0.1, -0.05) is 0 Å². The van der Waals surface area contributed by atoms with Crippen LogP contribution in [0.2, 0.25) is 0 Å². The largest absolute Gasteiger partial charge is 0.466 e. The minimum Gasteiger partial charge on any atom is -0.466 e. The number of aromatic nitrogens is 3. The van der Waals surface area contributed by atoms with Crippen molar-refractivity contribution in [2.75, 3.05) is 0 Å². The average molecular weight is 213 g/mol. The zero-order valence-corrected chi connectivity index (χ0v) is 9.14. The molecule has 0 aromatic carbocycles. The highest BCUT2D eigenvalue weighted by Crippen LogP contribution is 2.25. The van der Waals surface area contributed by atoms with Crippen molar-refractivity contribution in [2.45, 2.75) is 13.8 Å². The van der Waals surface area contributed by atoms with Gasteiger partial charge in [0.05, 0.1) is 11.9 Å². The number of furan rings is 1. The highest BCUT2D eigenvalue weighted by molar-refractivity contribution is 5.64. The standard InChI is InChI=1S/C12H11N3O/c1-8-5-10(9(2)16-8)11-7-15-4-3-13-6-12(15)14-11/h3-7H,1-2H3. The van der Waals surface area contributed by atoms with E-state index < -0.39 is 0 Å². The SMILES string of the molecule is Cc1cc(-c2cn3ccncc3n2)c(C)o1. The summed E-state index contributed by atoms with van der Waals surface area (Å²) < 4.78 is 7.45. The molecule has 3 aromatic rings. The van der Waals surface area contributed by atoms with E-state index in [-0.39, 0.29) is 0 Å². The summed E-state index contributed by atoms with van der Waals surface area (Å²) in [6.07, 6.45) is 7.35. The van der Waals surface area contributed by atoms with Crippen LogP contribution in [0, 0.1) is 13.8 Å². The summed E-state index contributed by atoms with van der Waals surface area (Å²) in [6.45, 7) is 3.89. The van der Waals surface area contributed by atoms with Gasteiger partial charge < -0.3 is 8.82 Å². The first-order valence-corrected chi connectivity index (χ1v) is 5.10. The van der Waals surface area contributed by atoms with Crippen molar-refractivity contribution in [1.82, 2.24) is 14.4 Å². The third-order valence-corrected chi connectivity index (χ3v) is 2.58. The van der Waals surface area contributed by atoms with Crippen LogP contribution in [0.5, 0.6) is 0 Å². The van der Waals surface area contributed by atoms with E-state index in [0.29, 0.717) is 0 Å². The summed E-state index contributed by atoms with van der Waals surface area (Å²) in [5.74, 6) is 1.80. The topological polar surface area (TPSA) is 43.3 Å². The normalized spacial score (nSPS) is 11.1. The zero-order valence-electron chi connectivity index (χ0n) is 9.14. The van der Waals surface area contributed by atoms with E-state index in [0.717, 1.165) is 28.4 Å². The summed E-state index contributed by atoms with van der Waals surface area (Å²) in [6, 6.07) is 2.00. The van der Waals surface area contributed by atoms with E-state index in [9.17, 15) is 0 Å². The molecule has 0 spiro atoms. The molecule has 0 unspecified atom stereocenters. The Balaban J connectivity index is 2.22. The second kappa shape index (κ2) is 3.20. The van der Waals surface area contributed by atoms with Gasteiger partial charge in [-0.15, -0.1) is 0 Å². The van der Waals surface area contributed by atoms with Crippen LogP contribution < -0.4 is 0 Å². The van der Waals surface area contributed by atoms with Gasteiger partial charge in [-0.05, 0) is 19.9 Å². The predicted molar refractivity (Wildman–Crippen MR) is 60.2 cm³/mol. The predicted octanol–water partition coefficient (Wildman–Crippen LogP) is 2.61. The van der Waals surface area contributed by atoms with Crippen LogP contribution in [0.25, 0.3) is 16.9 Å². The minimum atomic E-state index is 0.843. The molecule has 0 aliphatic carbocycles. The Hall–Kier alpha value is -2.10. The Morgan fingerprint density at radius 3 is 2.88 bits per heavy atom. The molecule has 3 heterocycles. The van der Waals surface area contributed by atoms with E-state index in [4.69, 9.17) is 4.42 Å². The maximum atomic E-state index is 5.50. The molecule has 0 aliphatic rings. The third-order valence-electron chi connectivity index (χ3n) is 2.58. The molecule has 0 aliphatic heterocycles. The summed E-state index contributed by atoms with van der Waals surface area (Å²) >= 11 is 0. The monoisotopic (exact) mass is 213 g/mol. The van der Waals surface area contributed by atoms with Gasteiger partial charge >= 0.3 is 0 Å². The van der Waals surface area contributed by atoms with Crippen molar-refractivity contribution >= 4 is 5.65 Å². The molecule has 0 atom stereocenters. The summed E-state index contributed by atoms with van der Waals surface area (Å²) in [5, 5.41) is 0. The fourth-order valence-electron chi connectivity index (χ4n) is 1.86. The van der Waals surface area contributed by atoms with Crippen LogP contribution in [0.15, 0.2) is 35.3 Å². The minimum absolute atomic E-state index is 0.843. The van der Waals surface area contributed by atoms with E-state index >= 15 is 0 Å². The van der Waals surface area contributed by atoms with Crippen LogP contribution in [-0.4, -0.2) is 14.4 Å². The van der Waals surface area contributed by atoms with Gasteiger partial charge in [-0.2, -0.15) is 0 Å². The lowest BCUT2D eigenvalue weighted by Gasteiger charge is -1.89. The summed E-state index contributed by atoms with van der Waals surface area (Å²) in [4.78, 5) is 8.54. The number of nitrogens with zero attached hydrogens (tertiary/aromatic N) is 3. The summed E-state index contributed by atoms with van der Waals surface area (Å²) in [7, 11) is 0. The lowest BCUT2D eigenvalue weighted by molar-refractivity contribution is 0.505. The van der Waals surface area contributed by atoms with Crippen molar-refractivity contribution in [3.63, 3.8) is 0 Å². The molecule has 80 valence electrons. The van der Waals surface area contributed by atoms with Gasteiger partial charge in [-0.25, -0.2) is 4.98 Å². The molecule has 0 saturated carbocycles. The Kier molecular flexibility index (Phi) is 1.83. The molecular formula is C12H11N3O. The lowest BCUT2D eigenvalue weighted by atomic mass is 10.2. The van der Waals surface area contributed by atoms with Gasteiger partial charge in [0.25, 0.3) is 0 Å². The van der Waals surface area contributed by atoms with Crippen LogP contribution >= 0.6 is 0 Å². The molecule has 4 heteroatoms. The fourth-order valence-corrected chi connectivity index (χ4v) is 1.86. The van der Waals surface area contributed by atoms with Gasteiger partial charge in [0.1, 0.15) is 11.5 Å². The number of aryl methyl sites for hydroxylation is 2. The maximum Gasteiger partial charge on any atom is 0.155 e. The van der Waals surface area contributed by atoms with Gasteiger partial charge in [0.15, 0.2) is 5.65 Å². The molecule has 16 heavy (non-hydrogen) atoms. The first-order valence-electron chi connectivity index (χ1n) is 5.10. The molecule has 0 N–H and O–H groups in total. The smallest absolute Gasteiger partial charge is 0.155 e. The Bertz CT molecular complexity index is 618. The Morgan fingerprint density at radius 1 is 1.31 bits per heavy atom. The first kappa shape index (κ1) is 9.15. The number of fused-ring (bicyclic) bond motifs is 1. The molecule has 0 saturated heterocycles. The maximum absolute atomic E-state index is 5.50. The van der Waals surface area contributed by atoms with Gasteiger partial charge in [0, 0.05) is 24.2 Å². The molecule has 0 fully saturated rings. The van der Waals surface area contributed by atoms with E-state index in [1.165, 1.54) is 0 Å². The molecule has 0 amide bonds. The molecule has 0 radical (unpaired) electrons. The highest BCUT2D eigenvalue weighted by atomic mass is 16.3. The van der Waals surface area contributed by atoms with Gasteiger partial charge in [0.2, 0.25) is 0 Å². The Labute approximate surface area is 92.6 Å². The molecule has 3 rings (SSSR count). The van der Waals surface area contributed by atoms with E-state index in [1.807, 2.05) is 36.7 Å². The van der Waals surface area contributed by atoms with Crippen LogP contribution in [0.1, 0.15) is 11.5 Å². The lowest BCUT2D eigenvalue weighted by Crippen LogP contribution is -1.81. The molecule has 3 aromatic heterocycles. The number of hydrogen-bond acceptors (Lipinski definition) is 3. The average Bonchev–Trinajstić information content (AvgIpc) is 2.81. The number of imidazole rings is 1. The zero-order chi connectivity index (χ0) is 11.1. The quantitative estimate of drug-likeness (QED) is 0.624. The van der Waals surface area contributed by atoms with Crippen molar-refractivity contribution in [3.8, 4) is 11.3 Å². The highest BCUT2D eigenvalue weighted by Gasteiger charge is 2.10. The van der Waals surface area contributed by atoms with Crippen LogP contribution in [-0.2, 0) is 0 Å². The van der Waals surface area contributed by atoms with Crippen LogP contribution in [0.3, 0.4) is 0 Å². The van der Waals surface area contributed by atoms with Crippen molar-refractivity contribution in [1.29, 1.82) is 0 Å². The summed E-state index contributed by atoms with van der Waals surface area (Å²) in [5.41, 5.74) is 2.80.